The number of hydrogen-bond acceptors (Lipinski definition) is 3. The summed E-state index contributed by atoms with van der Waals surface area (Å²) >= 11 is 5.69. The Morgan fingerprint density at radius 2 is 2.06 bits per heavy atom. The normalized spacial score (nSPS) is 14.1. The third kappa shape index (κ3) is 3.53. The molecule has 0 aromatic heterocycles. The Kier molecular flexibility index (Phi) is 4.63. The molecular weight excluding hydrogens is 242 g/mol. The number of phenols is 2. The van der Waals surface area contributed by atoms with Crippen LogP contribution in [0.3, 0.4) is 0 Å². The van der Waals surface area contributed by atoms with Crippen molar-refractivity contribution in [3.05, 3.63) is 23.8 Å². The van der Waals surface area contributed by atoms with E-state index in [1.165, 1.54) is 12.1 Å². The van der Waals surface area contributed by atoms with Crippen LogP contribution in [0.4, 0.5) is 0 Å². The Morgan fingerprint density at radius 3 is 2.59 bits per heavy atom. The van der Waals surface area contributed by atoms with Gasteiger partial charge in [-0.1, -0.05) is 6.92 Å². The largest absolute Gasteiger partial charge is 0.508 e. The number of aromatic hydroxyl groups is 2. The van der Waals surface area contributed by atoms with Gasteiger partial charge < -0.3 is 15.5 Å². The highest BCUT2D eigenvalue weighted by molar-refractivity contribution is 6.18. The van der Waals surface area contributed by atoms with Gasteiger partial charge in [0.05, 0.1) is 5.56 Å². The molecule has 0 spiro atoms. The molecule has 0 aliphatic heterocycles. The fourth-order valence-electron chi connectivity index (χ4n) is 1.27. The highest BCUT2D eigenvalue weighted by Crippen LogP contribution is 2.22. The van der Waals surface area contributed by atoms with E-state index in [0.717, 1.165) is 6.07 Å². The van der Waals surface area contributed by atoms with Gasteiger partial charge in [0.1, 0.15) is 11.5 Å². The van der Waals surface area contributed by atoms with Crippen molar-refractivity contribution >= 4 is 17.5 Å². The highest BCUT2D eigenvalue weighted by atomic mass is 35.5. The van der Waals surface area contributed by atoms with Gasteiger partial charge in [-0.3, -0.25) is 4.79 Å². The third-order valence-electron chi connectivity index (χ3n) is 2.68. The van der Waals surface area contributed by atoms with Crippen LogP contribution >= 0.6 is 11.6 Å². The zero-order valence-electron chi connectivity index (χ0n) is 9.77. The maximum absolute atomic E-state index is 11.8. The molecule has 3 N–H and O–H groups in total. The number of carbonyl (C=O) groups is 1. The quantitative estimate of drug-likeness (QED) is 0.724. The molecule has 0 aliphatic carbocycles. The molecule has 0 bridgehead atoms. The monoisotopic (exact) mass is 257 g/mol. The van der Waals surface area contributed by atoms with Gasteiger partial charge in [0.15, 0.2) is 0 Å². The average molecular weight is 258 g/mol. The second-order valence-electron chi connectivity index (χ2n) is 4.10. The average Bonchev–Trinajstić information content (AvgIpc) is 2.27. The van der Waals surface area contributed by atoms with Crippen molar-refractivity contribution in [2.75, 3.05) is 5.88 Å². The zero-order chi connectivity index (χ0) is 13.0. The summed E-state index contributed by atoms with van der Waals surface area (Å²) in [6.07, 6.45) is 0. The van der Waals surface area contributed by atoms with Gasteiger partial charge in [0.25, 0.3) is 5.91 Å². The number of nitrogens with one attached hydrogen (secondary N) is 1. The van der Waals surface area contributed by atoms with E-state index in [1.54, 1.807) is 0 Å². The second kappa shape index (κ2) is 5.77. The Bertz CT molecular complexity index is 409. The van der Waals surface area contributed by atoms with Gasteiger partial charge >= 0.3 is 0 Å². The molecular formula is C12H16ClNO3. The summed E-state index contributed by atoms with van der Waals surface area (Å²) in [5, 5.41) is 21.4. The van der Waals surface area contributed by atoms with Crippen LogP contribution in [0.5, 0.6) is 11.5 Å². The van der Waals surface area contributed by atoms with Crippen LogP contribution < -0.4 is 5.32 Å². The number of carbonyl (C=O) groups excluding carboxylic acids is 1. The minimum absolute atomic E-state index is 0.0822. The van der Waals surface area contributed by atoms with Crippen LogP contribution in [0, 0.1) is 5.92 Å². The van der Waals surface area contributed by atoms with E-state index < -0.39 is 0 Å². The summed E-state index contributed by atoms with van der Waals surface area (Å²) in [5.41, 5.74) is 0.136. The molecule has 1 amide bonds. The third-order valence-corrected chi connectivity index (χ3v) is 3.17. The Labute approximate surface area is 105 Å². The summed E-state index contributed by atoms with van der Waals surface area (Å²) < 4.78 is 0. The predicted octanol–water partition coefficient (Wildman–Crippen LogP) is 2.09. The lowest BCUT2D eigenvalue weighted by Crippen LogP contribution is -2.37. The van der Waals surface area contributed by atoms with Gasteiger partial charge in [0.2, 0.25) is 0 Å². The minimum Gasteiger partial charge on any atom is -0.508 e. The smallest absolute Gasteiger partial charge is 0.255 e. The number of alkyl halides is 1. The molecule has 5 heteroatoms. The van der Waals surface area contributed by atoms with Gasteiger partial charge in [-0.15, -0.1) is 11.6 Å². The van der Waals surface area contributed by atoms with E-state index in [1.807, 2.05) is 13.8 Å². The maximum atomic E-state index is 11.8. The molecule has 0 saturated heterocycles. The molecule has 1 aromatic carbocycles. The van der Waals surface area contributed by atoms with E-state index in [-0.39, 0.29) is 34.9 Å². The highest BCUT2D eigenvalue weighted by Gasteiger charge is 2.17. The summed E-state index contributed by atoms with van der Waals surface area (Å²) in [5.74, 6) is -0.121. The molecule has 2 atom stereocenters. The fraction of sp³-hybridized carbons (Fsp3) is 0.417. The van der Waals surface area contributed by atoms with Crippen LogP contribution in [-0.4, -0.2) is 28.0 Å². The van der Waals surface area contributed by atoms with Gasteiger partial charge in [0, 0.05) is 18.0 Å². The van der Waals surface area contributed by atoms with Crippen molar-refractivity contribution in [2.45, 2.75) is 19.9 Å². The van der Waals surface area contributed by atoms with Crippen molar-refractivity contribution in [2.24, 2.45) is 5.92 Å². The van der Waals surface area contributed by atoms with E-state index in [9.17, 15) is 9.90 Å². The lowest BCUT2D eigenvalue weighted by Gasteiger charge is -2.19. The Balaban J connectivity index is 2.76. The van der Waals surface area contributed by atoms with Crippen LogP contribution in [0.25, 0.3) is 0 Å². The predicted molar refractivity (Wildman–Crippen MR) is 66.6 cm³/mol. The van der Waals surface area contributed by atoms with E-state index >= 15 is 0 Å². The lowest BCUT2D eigenvalue weighted by molar-refractivity contribution is 0.0928. The van der Waals surface area contributed by atoms with Crippen molar-refractivity contribution in [1.29, 1.82) is 0 Å². The molecule has 1 rings (SSSR count). The number of hydrogen-bond donors (Lipinski definition) is 3. The first-order valence-electron chi connectivity index (χ1n) is 5.34. The number of halogens is 1. The Hall–Kier alpha value is -1.42. The number of amides is 1. The molecule has 94 valence electrons. The van der Waals surface area contributed by atoms with Crippen molar-refractivity contribution in [3.63, 3.8) is 0 Å². The fourth-order valence-corrected chi connectivity index (χ4v) is 1.54. The van der Waals surface area contributed by atoms with E-state index in [4.69, 9.17) is 16.7 Å². The first kappa shape index (κ1) is 13.6. The molecule has 4 nitrogen and oxygen atoms in total. The van der Waals surface area contributed by atoms with Gasteiger partial charge in [-0.2, -0.15) is 0 Å². The second-order valence-corrected chi connectivity index (χ2v) is 4.40. The topological polar surface area (TPSA) is 69.6 Å². The van der Waals surface area contributed by atoms with Crippen LogP contribution in [-0.2, 0) is 0 Å². The van der Waals surface area contributed by atoms with Crippen molar-refractivity contribution in [3.8, 4) is 11.5 Å². The SMILES string of the molecule is CC(CCl)C(C)NC(=O)c1ccc(O)cc1O. The summed E-state index contributed by atoms with van der Waals surface area (Å²) in [7, 11) is 0. The summed E-state index contributed by atoms with van der Waals surface area (Å²) in [6.45, 7) is 3.77. The van der Waals surface area contributed by atoms with Crippen LogP contribution in [0.2, 0.25) is 0 Å². The molecule has 0 heterocycles. The first-order chi connectivity index (χ1) is 7.95. The first-order valence-corrected chi connectivity index (χ1v) is 5.88. The maximum Gasteiger partial charge on any atom is 0.255 e. The van der Waals surface area contributed by atoms with Crippen molar-refractivity contribution in [1.82, 2.24) is 5.32 Å². The zero-order valence-corrected chi connectivity index (χ0v) is 10.5. The molecule has 2 unspecified atom stereocenters. The van der Waals surface area contributed by atoms with Crippen molar-refractivity contribution < 1.29 is 15.0 Å². The molecule has 17 heavy (non-hydrogen) atoms. The molecule has 1 aromatic rings. The molecule has 0 aliphatic rings. The van der Waals surface area contributed by atoms with E-state index in [2.05, 4.69) is 5.32 Å². The molecule has 0 saturated carbocycles. The summed E-state index contributed by atoms with van der Waals surface area (Å²) in [4.78, 5) is 11.8. The van der Waals surface area contributed by atoms with Crippen LogP contribution in [0.1, 0.15) is 24.2 Å². The minimum atomic E-state index is -0.382. The van der Waals surface area contributed by atoms with E-state index in [0.29, 0.717) is 5.88 Å². The number of rotatable bonds is 4. The number of phenolic OH excluding ortho intramolecular Hbond substituents is 2. The molecule has 0 radical (unpaired) electrons. The molecule has 0 fully saturated rings. The van der Waals surface area contributed by atoms with Gasteiger partial charge in [-0.25, -0.2) is 0 Å². The Morgan fingerprint density at radius 1 is 1.41 bits per heavy atom. The lowest BCUT2D eigenvalue weighted by atomic mass is 10.1. The van der Waals surface area contributed by atoms with Gasteiger partial charge in [-0.05, 0) is 25.0 Å². The summed E-state index contributed by atoms with van der Waals surface area (Å²) in [6, 6.07) is 3.76. The number of benzene rings is 1. The van der Waals surface area contributed by atoms with Crippen LogP contribution in [0.15, 0.2) is 18.2 Å². The standard InChI is InChI=1S/C12H16ClNO3/c1-7(6-13)8(2)14-12(17)10-4-3-9(15)5-11(10)16/h3-5,7-8,15-16H,6H2,1-2H3,(H,14,17).